The Morgan fingerprint density at radius 1 is 1.35 bits per heavy atom. The van der Waals surface area contributed by atoms with Gasteiger partial charge in [-0.05, 0) is 59.2 Å². The van der Waals surface area contributed by atoms with Gasteiger partial charge in [-0.15, -0.1) is 11.3 Å². The minimum atomic E-state index is -3.39. The van der Waals surface area contributed by atoms with E-state index in [1.807, 2.05) is 6.92 Å². The number of nitrogens with one attached hydrogen (secondary N) is 1. The molecule has 1 fully saturated rings. The number of halogens is 1. The maximum atomic E-state index is 12.5. The van der Waals surface area contributed by atoms with Crippen molar-refractivity contribution in [3.63, 3.8) is 0 Å². The van der Waals surface area contributed by atoms with Crippen LogP contribution in [0.1, 0.15) is 45.1 Å². The van der Waals surface area contributed by atoms with Crippen LogP contribution >= 0.6 is 27.3 Å². The first-order valence-electron chi connectivity index (χ1n) is 7.09. The van der Waals surface area contributed by atoms with E-state index < -0.39 is 10.0 Å². The van der Waals surface area contributed by atoms with Gasteiger partial charge in [0.15, 0.2) is 0 Å². The van der Waals surface area contributed by atoms with Crippen molar-refractivity contribution in [2.24, 2.45) is 11.8 Å². The van der Waals surface area contributed by atoms with Crippen molar-refractivity contribution in [3.05, 3.63) is 15.4 Å². The highest BCUT2D eigenvalue weighted by molar-refractivity contribution is 9.11. The van der Waals surface area contributed by atoms with Crippen LogP contribution in [0.3, 0.4) is 0 Å². The van der Waals surface area contributed by atoms with Crippen molar-refractivity contribution in [3.8, 4) is 0 Å². The average molecular weight is 380 g/mol. The summed E-state index contributed by atoms with van der Waals surface area (Å²) in [4.78, 5) is 0. The van der Waals surface area contributed by atoms with Crippen LogP contribution in [0.5, 0.6) is 0 Å². The molecule has 0 spiro atoms. The van der Waals surface area contributed by atoms with Crippen LogP contribution < -0.4 is 4.72 Å². The van der Waals surface area contributed by atoms with Crippen LogP contribution in [-0.4, -0.2) is 14.5 Å². The molecule has 1 heterocycles. The molecule has 0 aromatic carbocycles. The molecule has 0 radical (unpaired) electrons. The van der Waals surface area contributed by atoms with Gasteiger partial charge >= 0.3 is 0 Å². The van der Waals surface area contributed by atoms with Crippen LogP contribution in [0.15, 0.2) is 14.1 Å². The van der Waals surface area contributed by atoms with Crippen molar-refractivity contribution in [2.45, 2.75) is 56.7 Å². The molecule has 1 aliphatic carbocycles. The van der Waals surface area contributed by atoms with E-state index in [-0.39, 0.29) is 6.04 Å². The van der Waals surface area contributed by atoms with Gasteiger partial charge in [0.1, 0.15) is 4.21 Å². The molecule has 0 amide bonds. The lowest BCUT2D eigenvalue weighted by Crippen LogP contribution is -2.43. The summed E-state index contributed by atoms with van der Waals surface area (Å²) in [5.41, 5.74) is 0.972. The normalized spacial score (nSPS) is 24.2. The Balaban J connectivity index is 2.18. The molecule has 0 saturated heterocycles. The third-order valence-electron chi connectivity index (χ3n) is 4.08. The van der Waals surface area contributed by atoms with Crippen molar-refractivity contribution in [1.29, 1.82) is 0 Å². The number of rotatable bonds is 4. The van der Waals surface area contributed by atoms with Gasteiger partial charge in [-0.25, -0.2) is 13.1 Å². The summed E-state index contributed by atoms with van der Waals surface area (Å²) in [5, 5.41) is 0. The number of thiophene rings is 1. The van der Waals surface area contributed by atoms with Crippen LogP contribution in [0.4, 0.5) is 0 Å². The van der Waals surface area contributed by atoms with Gasteiger partial charge in [0, 0.05) is 6.04 Å². The highest BCUT2D eigenvalue weighted by Crippen LogP contribution is 2.34. The number of hydrogen-bond donors (Lipinski definition) is 1. The molecule has 20 heavy (non-hydrogen) atoms. The third-order valence-corrected chi connectivity index (χ3v) is 8.18. The zero-order chi connectivity index (χ0) is 14.9. The van der Waals surface area contributed by atoms with Crippen LogP contribution in [0, 0.1) is 18.8 Å². The van der Waals surface area contributed by atoms with Crippen molar-refractivity contribution in [2.75, 3.05) is 0 Å². The van der Waals surface area contributed by atoms with E-state index in [9.17, 15) is 8.42 Å². The first-order valence-corrected chi connectivity index (χ1v) is 10.2. The van der Waals surface area contributed by atoms with Crippen LogP contribution in [0.25, 0.3) is 0 Å². The van der Waals surface area contributed by atoms with Gasteiger partial charge in [0.2, 0.25) is 10.0 Å². The van der Waals surface area contributed by atoms with Crippen molar-refractivity contribution in [1.82, 2.24) is 4.72 Å². The summed E-state index contributed by atoms with van der Waals surface area (Å²) in [5.74, 6) is 0.961. The van der Waals surface area contributed by atoms with E-state index in [0.717, 1.165) is 28.6 Å². The highest BCUT2D eigenvalue weighted by atomic mass is 79.9. The molecule has 0 bridgehead atoms. The molecule has 1 aromatic rings. The molecule has 2 atom stereocenters. The lowest BCUT2D eigenvalue weighted by atomic mass is 9.78. The fourth-order valence-electron chi connectivity index (χ4n) is 2.93. The fourth-order valence-corrected chi connectivity index (χ4v) is 6.49. The minimum Gasteiger partial charge on any atom is -0.207 e. The summed E-state index contributed by atoms with van der Waals surface area (Å²) in [6.07, 6.45) is 4.40. The standard InChI is InChI=1S/C14H22BrNO2S2/c1-9(2)11-6-4-5-7-12(11)16-20(17,18)13-8-10(3)14(15)19-13/h8-9,11-12,16H,4-7H2,1-3H3. The molecule has 114 valence electrons. The first kappa shape index (κ1) is 16.5. The molecule has 2 unspecified atom stereocenters. The summed E-state index contributed by atoms with van der Waals surface area (Å²) in [6, 6.07) is 1.82. The Labute approximate surface area is 134 Å². The lowest BCUT2D eigenvalue weighted by Gasteiger charge is -2.34. The predicted molar refractivity (Wildman–Crippen MR) is 87.7 cm³/mol. The highest BCUT2D eigenvalue weighted by Gasteiger charge is 2.31. The molecule has 6 heteroatoms. The van der Waals surface area contributed by atoms with E-state index in [0.29, 0.717) is 16.0 Å². The summed E-state index contributed by atoms with van der Waals surface area (Å²) >= 11 is 4.68. The van der Waals surface area contributed by atoms with E-state index in [2.05, 4.69) is 34.5 Å². The van der Waals surface area contributed by atoms with Crippen molar-refractivity contribution < 1.29 is 8.42 Å². The smallest absolute Gasteiger partial charge is 0.207 e. The van der Waals surface area contributed by atoms with Crippen LogP contribution in [0.2, 0.25) is 0 Å². The van der Waals surface area contributed by atoms with Gasteiger partial charge in [-0.3, -0.25) is 0 Å². The van der Waals surface area contributed by atoms with Gasteiger partial charge in [-0.1, -0.05) is 26.7 Å². The zero-order valence-corrected chi connectivity index (χ0v) is 15.4. The average Bonchev–Trinajstić information content (AvgIpc) is 2.70. The predicted octanol–water partition coefficient (Wildman–Crippen LogP) is 4.31. The van der Waals surface area contributed by atoms with E-state index in [1.165, 1.54) is 17.8 Å². The first-order chi connectivity index (χ1) is 9.31. The second-order valence-corrected chi connectivity index (χ2v) is 10.3. The Kier molecular flexibility index (Phi) is 5.32. The monoisotopic (exact) mass is 379 g/mol. The van der Waals surface area contributed by atoms with Gasteiger partial charge in [0.25, 0.3) is 0 Å². The molecular formula is C14H22BrNO2S2. The van der Waals surface area contributed by atoms with Crippen LogP contribution in [-0.2, 0) is 10.0 Å². The van der Waals surface area contributed by atoms with E-state index >= 15 is 0 Å². The molecule has 1 saturated carbocycles. The molecule has 1 aromatic heterocycles. The zero-order valence-electron chi connectivity index (χ0n) is 12.1. The van der Waals surface area contributed by atoms with E-state index in [4.69, 9.17) is 0 Å². The third kappa shape index (κ3) is 3.64. The Morgan fingerprint density at radius 3 is 2.55 bits per heavy atom. The second-order valence-electron chi connectivity index (χ2n) is 5.94. The van der Waals surface area contributed by atoms with Crippen molar-refractivity contribution >= 4 is 37.3 Å². The number of sulfonamides is 1. The Hall–Kier alpha value is 0.0900. The number of hydrogen-bond acceptors (Lipinski definition) is 3. The Bertz CT molecular complexity index is 546. The maximum Gasteiger partial charge on any atom is 0.250 e. The quantitative estimate of drug-likeness (QED) is 0.846. The Morgan fingerprint density at radius 2 is 2.00 bits per heavy atom. The molecular weight excluding hydrogens is 358 g/mol. The maximum absolute atomic E-state index is 12.5. The minimum absolute atomic E-state index is 0.0786. The molecule has 2 rings (SSSR count). The molecule has 1 N–H and O–H groups in total. The molecule has 3 nitrogen and oxygen atoms in total. The fraction of sp³-hybridized carbons (Fsp3) is 0.714. The SMILES string of the molecule is Cc1cc(S(=O)(=O)NC2CCCCC2C(C)C)sc1Br. The van der Waals surface area contributed by atoms with Gasteiger partial charge < -0.3 is 0 Å². The van der Waals surface area contributed by atoms with Gasteiger partial charge in [0.05, 0.1) is 3.79 Å². The molecule has 1 aliphatic rings. The summed E-state index contributed by atoms with van der Waals surface area (Å²) in [7, 11) is -3.39. The topological polar surface area (TPSA) is 46.2 Å². The lowest BCUT2D eigenvalue weighted by molar-refractivity contribution is 0.226. The largest absolute Gasteiger partial charge is 0.250 e. The summed E-state index contributed by atoms with van der Waals surface area (Å²) in [6.45, 7) is 6.28. The molecule has 0 aliphatic heterocycles. The van der Waals surface area contributed by atoms with Gasteiger partial charge in [-0.2, -0.15) is 0 Å². The number of aryl methyl sites for hydroxylation is 1. The summed E-state index contributed by atoms with van der Waals surface area (Å²) < 4.78 is 29.3. The second kappa shape index (κ2) is 6.46. The van der Waals surface area contributed by atoms with E-state index in [1.54, 1.807) is 6.07 Å².